The van der Waals surface area contributed by atoms with Gasteiger partial charge in [-0.15, -0.1) is 0 Å². The second kappa shape index (κ2) is 3.36. The van der Waals surface area contributed by atoms with E-state index in [-0.39, 0.29) is 5.75 Å². The van der Waals surface area contributed by atoms with E-state index in [1.165, 1.54) is 18.2 Å². The van der Waals surface area contributed by atoms with Crippen LogP contribution >= 0.6 is 0 Å². The molecule has 0 fully saturated rings. The molecule has 0 saturated carbocycles. The zero-order valence-electron chi connectivity index (χ0n) is 7.95. The maximum absolute atomic E-state index is 10.9. The zero-order valence-corrected chi connectivity index (χ0v) is 8.77. The molecule has 0 radical (unpaired) electrons. The Morgan fingerprint density at radius 3 is 2.25 bits per heavy atom. The van der Waals surface area contributed by atoms with Crippen molar-refractivity contribution < 1.29 is 23.2 Å². The fourth-order valence-electron chi connectivity index (χ4n) is 1.46. The fraction of sp³-hybridized carbons (Fsp3) is 0. The SMILES string of the molecule is O=S(=O)(O)c1cc2ccc(O)cc2cc1O. The monoisotopic (exact) mass is 240 g/mol. The highest BCUT2D eigenvalue weighted by molar-refractivity contribution is 7.86. The van der Waals surface area contributed by atoms with Crippen LogP contribution in [0.2, 0.25) is 0 Å². The van der Waals surface area contributed by atoms with Crippen LogP contribution < -0.4 is 0 Å². The summed E-state index contributed by atoms with van der Waals surface area (Å²) in [6.07, 6.45) is 0. The largest absolute Gasteiger partial charge is 0.508 e. The minimum atomic E-state index is -4.45. The van der Waals surface area contributed by atoms with E-state index in [1.54, 1.807) is 0 Å². The average molecular weight is 240 g/mol. The van der Waals surface area contributed by atoms with Gasteiger partial charge >= 0.3 is 0 Å². The minimum absolute atomic E-state index is 0.00602. The first-order chi connectivity index (χ1) is 7.38. The molecule has 0 unspecified atom stereocenters. The number of phenolic OH excluding ortho intramolecular Hbond substituents is 2. The molecule has 2 aromatic rings. The first-order valence-corrected chi connectivity index (χ1v) is 5.75. The number of aromatic hydroxyl groups is 2. The summed E-state index contributed by atoms with van der Waals surface area (Å²) in [5.74, 6) is -0.549. The van der Waals surface area contributed by atoms with Gasteiger partial charge in [0.2, 0.25) is 0 Å². The second-order valence-corrected chi connectivity index (χ2v) is 4.72. The lowest BCUT2D eigenvalue weighted by atomic mass is 10.1. The third-order valence-electron chi connectivity index (χ3n) is 2.18. The number of hydrogen-bond donors (Lipinski definition) is 3. The van der Waals surface area contributed by atoms with Crippen LogP contribution in [-0.4, -0.2) is 23.2 Å². The molecule has 2 aromatic carbocycles. The summed E-state index contributed by atoms with van der Waals surface area (Å²) in [5.41, 5.74) is 0. The highest BCUT2D eigenvalue weighted by atomic mass is 32.2. The van der Waals surface area contributed by atoms with E-state index >= 15 is 0 Å². The van der Waals surface area contributed by atoms with E-state index < -0.39 is 20.8 Å². The van der Waals surface area contributed by atoms with Gasteiger partial charge in [-0.25, -0.2) is 0 Å². The third-order valence-corrected chi connectivity index (χ3v) is 3.06. The summed E-state index contributed by atoms with van der Waals surface area (Å²) >= 11 is 0. The third kappa shape index (κ3) is 1.80. The first-order valence-electron chi connectivity index (χ1n) is 4.31. The van der Waals surface area contributed by atoms with Crippen LogP contribution in [0, 0.1) is 0 Å². The number of phenols is 2. The Balaban J connectivity index is 2.83. The molecule has 3 N–H and O–H groups in total. The summed E-state index contributed by atoms with van der Waals surface area (Å²) in [5, 5.41) is 19.6. The van der Waals surface area contributed by atoms with Gasteiger partial charge in [0, 0.05) is 0 Å². The van der Waals surface area contributed by atoms with Gasteiger partial charge in [-0.05, 0) is 35.0 Å². The van der Waals surface area contributed by atoms with Crippen molar-refractivity contribution in [2.75, 3.05) is 0 Å². The molecular formula is C10H8O5S. The molecule has 2 rings (SSSR count). The maximum atomic E-state index is 10.9. The molecule has 0 heterocycles. The first kappa shape index (κ1) is 10.7. The molecule has 0 aliphatic heterocycles. The Bertz CT molecular complexity index is 660. The van der Waals surface area contributed by atoms with Gasteiger partial charge in [0.1, 0.15) is 16.4 Å². The van der Waals surface area contributed by atoms with Crippen molar-refractivity contribution in [3.05, 3.63) is 30.3 Å². The lowest BCUT2D eigenvalue weighted by molar-refractivity contribution is 0.444. The van der Waals surface area contributed by atoms with E-state index in [4.69, 9.17) is 4.55 Å². The van der Waals surface area contributed by atoms with Crippen molar-refractivity contribution in [2.24, 2.45) is 0 Å². The van der Waals surface area contributed by atoms with Gasteiger partial charge in [0.25, 0.3) is 10.1 Å². The molecule has 0 atom stereocenters. The standard InChI is InChI=1S/C10H8O5S/c11-8-2-1-6-5-10(16(13,14)15)9(12)4-7(6)3-8/h1-5,11-12H,(H,13,14,15). The predicted octanol–water partition coefficient (Wildman–Crippen LogP) is 1.50. The van der Waals surface area contributed by atoms with Gasteiger partial charge in [-0.3, -0.25) is 4.55 Å². The molecule has 0 aliphatic rings. The molecular weight excluding hydrogens is 232 g/mol. The van der Waals surface area contributed by atoms with E-state index in [2.05, 4.69) is 0 Å². The highest BCUT2D eigenvalue weighted by Crippen LogP contribution is 2.30. The van der Waals surface area contributed by atoms with Crippen LogP contribution in [0.1, 0.15) is 0 Å². The smallest absolute Gasteiger partial charge is 0.298 e. The van der Waals surface area contributed by atoms with Crippen LogP contribution in [0.25, 0.3) is 10.8 Å². The quantitative estimate of drug-likeness (QED) is 0.656. The summed E-state index contributed by atoms with van der Waals surface area (Å²) < 4.78 is 30.7. The van der Waals surface area contributed by atoms with Crippen molar-refractivity contribution in [2.45, 2.75) is 4.90 Å². The Kier molecular flexibility index (Phi) is 2.25. The van der Waals surface area contributed by atoms with Gasteiger partial charge in [-0.2, -0.15) is 8.42 Å². The van der Waals surface area contributed by atoms with Crippen molar-refractivity contribution in [1.29, 1.82) is 0 Å². The molecule has 5 nitrogen and oxygen atoms in total. The van der Waals surface area contributed by atoms with Crippen LogP contribution in [0.4, 0.5) is 0 Å². The maximum Gasteiger partial charge on any atom is 0.298 e. The van der Waals surface area contributed by atoms with Gasteiger partial charge in [-0.1, -0.05) is 6.07 Å². The molecule has 16 heavy (non-hydrogen) atoms. The lowest BCUT2D eigenvalue weighted by Gasteiger charge is -2.04. The Labute approximate surface area is 91.3 Å². The lowest BCUT2D eigenvalue weighted by Crippen LogP contribution is -1.98. The normalized spacial score (nSPS) is 11.8. The van der Waals surface area contributed by atoms with Crippen molar-refractivity contribution >= 4 is 20.9 Å². The molecule has 0 saturated heterocycles. The molecule has 0 aliphatic carbocycles. The molecule has 0 spiro atoms. The summed E-state index contributed by atoms with van der Waals surface area (Å²) in [6.45, 7) is 0. The Hall–Kier alpha value is -1.79. The summed E-state index contributed by atoms with van der Waals surface area (Å²) in [7, 11) is -4.45. The van der Waals surface area contributed by atoms with E-state index in [9.17, 15) is 18.6 Å². The van der Waals surface area contributed by atoms with E-state index in [0.717, 1.165) is 12.1 Å². The van der Waals surface area contributed by atoms with Crippen molar-refractivity contribution in [3.8, 4) is 11.5 Å². The van der Waals surface area contributed by atoms with Gasteiger partial charge in [0.05, 0.1) is 0 Å². The number of fused-ring (bicyclic) bond motifs is 1. The topological polar surface area (TPSA) is 94.8 Å². The highest BCUT2D eigenvalue weighted by Gasteiger charge is 2.16. The van der Waals surface area contributed by atoms with E-state index in [0.29, 0.717) is 10.8 Å². The molecule has 0 bridgehead atoms. The van der Waals surface area contributed by atoms with Gasteiger partial charge < -0.3 is 10.2 Å². The Morgan fingerprint density at radius 1 is 0.938 bits per heavy atom. The van der Waals surface area contributed by atoms with Gasteiger partial charge in [0.15, 0.2) is 0 Å². The van der Waals surface area contributed by atoms with Crippen molar-refractivity contribution in [1.82, 2.24) is 0 Å². The Morgan fingerprint density at radius 2 is 1.62 bits per heavy atom. The predicted molar refractivity (Wildman–Crippen MR) is 57.1 cm³/mol. The van der Waals surface area contributed by atoms with Crippen LogP contribution in [0.5, 0.6) is 11.5 Å². The summed E-state index contributed by atoms with van der Waals surface area (Å²) in [4.78, 5) is -0.550. The molecule has 0 amide bonds. The van der Waals surface area contributed by atoms with Crippen LogP contribution in [-0.2, 0) is 10.1 Å². The summed E-state index contributed by atoms with van der Waals surface area (Å²) in [6, 6.07) is 6.55. The molecule has 84 valence electrons. The minimum Gasteiger partial charge on any atom is -0.508 e. The van der Waals surface area contributed by atoms with Crippen LogP contribution in [0.15, 0.2) is 35.2 Å². The van der Waals surface area contributed by atoms with Crippen molar-refractivity contribution in [3.63, 3.8) is 0 Å². The number of rotatable bonds is 1. The number of hydrogen-bond acceptors (Lipinski definition) is 4. The fourth-order valence-corrected chi connectivity index (χ4v) is 2.06. The average Bonchev–Trinajstić information content (AvgIpc) is 2.14. The second-order valence-electron chi connectivity index (χ2n) is 3.33. The number of benzene rings is 2. The van der Waals surface area contributed by atoms with E-state index in [1.807, 2.05) is 0 Å². The van der Waals surface area contributed by atoms with Crippen LogP contribution in [0.3, 0.4) is 0 Å². The molecule has 0 aromatic heterocycles. The molecule has 6 heteroatoms. The zero-order chi connectivity index (χ0) is 11.9.